The van der Waals surface area contributed by atoms with Crippen LogP contribution < -0.4 is 11.1 Å². The third-order valence-corrected chi connectivity index (χ3v) is 5.46. The second kappa shape index (κ2) is 6.60. The van der Waals surface area contributed by atoms with Crippen molar-refractivity contribution in [1.29, 1.82) is 0 Å². The molecule has 0 amide bonds. The summed E-state index contributed by atoms with van der Waals surface area (Å²) in [5.74, 6) is 0.394. The molecule has 2 aromatic carbocycles. The molecule has 0 saturated heterocycles. The predicted octanol–water partition coefficient (Wildman–Crippen LogP) is 4.47. The number of nitrogens with one attached hydrogen (secondary N) is 1. The molecule has 1 aliphatic rings. The van der Waals surface area contributed by atoms with Crippen LogP contribution in [0.1, 0.15) is 52.6 Å². The van der Waals surface area contributed by atoms with Crippen LogP contribution in [0.4, 0.5) is 0 Å². The van der Waals surface area contributed by atoms with Gasteiger partial charge in [-0.05, 0) is 61.2 Å². The zero-order valence-electron chi connectivity index (χ0n) is 13.4. The second-order valence-electron chi connectivity index (χ2n) is 6.19. The molecule has 0 saturated carbocycles. The van der Waals surface area contributed by atoms with Crippen molar-refractivity contribution in [2.45, 2.75) is 31.7 Å². The molecule has 0 spiro atoms. The molecule has 2 nitrogen and oxygen atoms in total. The highest BCUT2D eigenvalue weighted by atomic mass is 35.5. The predicted molar refractivity (Wildman–Crippen MR) is 101 cm³/mol. The highest BCUT2D eigenvalue weighted by molar-refractivity contribution is 7.80. The third-order valence-electron chi connectivity index (χ3n) is 4.80. The monoisotopic (exact) mass is 344 g/mol. The molecule has 0 radical (unpaired) electrons. The number of nitrogens with two attached hydrogens (primary N) is 1. The van der Waals surface area contributed by atoms with Gasteiger partial charge in [0.25, 0.3) is 0 Å². The van der Waals surface area contributed by atoms with Gasteiger partial charge in [-0.15, -0.1) is 0 Å². The highest BCUT2D eigenvalue weighted by Crippen LogP contribution is 2.42. The van der Waals surface area contributed by atoms with E-state index >= 15 is 0 Å². The van der Waals surface area contributed by atoms with Crippen LogP contribution in [-0.4, -0.2) is 12.0 Å². The Morgan fingerprint density at radius 3 is 2.61 bits per heavy atom. The van der Waals surface area contributed by atoms with Gasteiger partial charge in [0.05, 0.1) is 0 Å². The van der Waals surface area contributed by atoms with E-state index in [1.54, 1.807) is 0 Å². The Balaban J connectivity index is 2.08. The van der Waals surface area contributed by atoms with Gasteiger partial charge < -0.3 is 11.1 Å². The van der Waals surface area contributed by atoms with E-state index in [-0.39, 0.29) is 0 Å². The minimum Gasteiger partial charge on any atom is -0.389 e. The van der Waals surface area contributed by atoms with Crippen LogP contribution >= 0.6 is 23.8 Å². The fraction of sp³-hybridized carbons (Fsp3) is 0.316. The zero-order chi connectivity index (χ0) is 16.6. The molecular formula is C19H21ClN2S. The van der Waals surface area contributed by atoms with Crippen molar-refractivity contribution in [3.05, 3.63) is 69.2 Å². The SMILES string of the molecule is CN[C@H]1CC[C@@H](c2ccc(Cl)c(C)c2)c2ccc(C(N)=S)cc21. The van der Waals surface area contributed by atoms with E-state index < -0.39 is 0 Å². The minimum atomic E-state index is 0.351. The van der Waals surface area contributed by atoms with E-state index in [1.165, 1.54) is 16.7 Å². The average Bonchev–Trinajstić information content (AvgIpc) is 2.55. The number of hydrogen-bond donors (Lipinski definition) is 2. The number of fused-ring (bicyclic) bond motifs is 1. The molecule has 4 heteroatoms. The van der Waals surface area contributed by atoms with E-state index in [9.17, 15) is 0 Å². The first-order chi connectivity index (χ1) is 11.0. The van der Waals surface area contributed by atoms with Crippen molar-refractivity contribution in [2.75, 3.05) is 7.05 Å². The lowest BCUT2D eigenvalue weighted by Gasteiger charge is -2.32. The first-order valence-electron chi connectivity index (χ1n) is 7.88. The Labute approximate surface area is 148 Å². The standard InChI is InChI=1S/C19H21ClN2S/c1-11-9-12(4-7-17(11)20)14-6-8-18(22-2)16-10-13(19(21)23)3-5-15(14)16/h3-5,7,9-10,14,18,22H,6,8H2,1-2H3,(H2,21,23)/t14-,18-/m0/s1. The van der Waals surface area contributed by atoms with E-state index in [2.05, 4.69) is 36.5 Å². The fourth-order valence-electron chi connectivity index (χ4n) is 3.52. The van der Waals surface area contributed by atoms with Crippen molar-refractivity contribution < 1.29 is 0 Å². The Kier molecular flexibility index (Phi) is 4.72. The fourth-order valence-corrected chi connectivity index (χ4v) is 3.77. The average molecular weight is 345 g/mol. The van der Waals surface area contributed by atoms with Crippen LogP contribution in [0.2, 0.25) is 5.02 Å². The lowest BCUT2D eigenvalue weighted by Crippen LogP contribution is -2.25. The van der Waals surface area contributed by atoms with Crippen LogP contribution in [0.3, 0.4) is 0 Å². The number of rotatable bonds is 3. The van der Waals surface area contributed by atoms with Crippen LogP contribution in [0.5, 0.6) is 0 Å². The molecule has 120 valence electrons. The highest BCUT2D eigenvalue weighted by Gasteiger charge is 2.28. The number of hydrogen-bond acceptors (Lipinski definition) is 2. The summed E-state index contributed by atoms with van der Waals surface area (Å²) in [6.07, 6.45) is 2.21. The molecule has 23 heavy (non-hydrogen) atoms. The largest absolute Gasteiger partial charge is 0.389 e. The molecule has 1 aliphatic carbocycles. The van der Waals surface area contributed by atoms with Crippen molar-refractivity contribution in [1.82, 2.24) is 5.32 Å². The maximum absolute atomic E-state index is 6.18. The molecule has 2 aromatic rings. The maximum atomic E-state index is 6.18. The number of halogens is 1. The molecule has 0 fully saturated rings. The van der Waals surface area contributed by atoms with E-state index in [0.717, 1.165) is 29.0 Å². The number of thiocarbonyl (C=S) groups is 1. The van der Waals surface area contributed by atoms with E-state index in [0.29, 0.717) is 16.9 Å². The Morgan fingerprint density at radius 1 is 1.17 bits per heavy atom. The van der Waals surface area contributed by atoms with Gasteiger partial charge in [0, 0.05) is 22.5 Å². The molecule has 0 unspecified atom stereocenters. The zero-order valence-corrected chi connectivity index (χ0v) is 15.0. The van der Waals surface area contributed by atoms with Crippen molar-refractivity contribution in [3.63, 3.8) is 0 Å². The molecule has 3 rings (SSSR count). The normalized spacial score (nSPS) is 20.1. The lowest BCUT2D eigenvalue weighted by atomic mass is 9.76. The smallest absolute Gasteiger partial charge is 0.103 e. The Hall–Kier alpha value is -1.42. The quantitative estimate of drug-likeness (QED) is 0.807. The summed E-state index contributed by atoms with van der Waals surface area (Å²) in [7, 11) is 2.01. The van der Waals surface area contributed by atoms with E-state index in [4.69, 9.17) is 29.6 Å². The minimum absolute atomic E-state index is 0.351. The van der Waals surface area contributed by atoms with Crippen LogP contribution in [-0.2, 0) is 0 Å². The van der Waals surface area contributed by atoms with Crippen LogP contribution in [0, 0.1) is 6.92 Å². The summed E-state index contributed by atoms with van der Waals surface area (Å²) in [6, 6.07) is 13.1. The van der Waals surface area contributed by atoms with Crippen molar-refractivity contribution in [3.8, 4) is 0 Å². The van der Waals surface area contributed by atoms with Gasteiger partial charge in [-0.25, -0.2) is 0 Å². The van der Waals surface area contributed by atoms with Crippen LogP contribution in [0.15, 0.2) is 36.4 Å². The van der Waals surface area contributed by atoms with E-state index in [1.807, 2.05) is 19.2 Å². The summed E-state index contributed by atoms with van der Waals surface area (Å²) >= 11 is 11.3. The first kappa shape index (κ1) is 16.4. The molecule has 0 aromatic heterocycles. The molecular weight excluding hydrogens is 324 g/mol. The summed E-state index contributed by atoms with van der Waals surface area (Å²) in [5.41, 5.74) is 11.9. The van der Waals surface area contributed by atoms with Gasteiger partial charge in [0.15, 0.2) is 0 Å². The molecule has 3 N–H and O–H groups in total. The Morgan fingerprint density at radius 2 is 1.96 bits per heavy atom. The summed E-state index contributed by atoms with van der Waals surface area (Å²) in [4.78, 5) is 0.451. The van der Waals surface area contributed by atoms with Gasteiger partial charge >= 0.3 is 0 Å². The molecule has 0 bridgehead atoms. The van der Waals surface area contributed by atoms with Gasteiger partial charge in [0.2, 0.25) is 0 Å². The first-order valence-corrected chi connectivity index (χ1v) is 8.67. The van der Waals surface area contributed by atoms with Gasteiger partial charge in [-0.2, -0.15) is 0 Å². The Bertz CT molecular complexity index is 757. The maximum Gasteiger partial charge on any atom is 0.103 e. The summed E-state index contributed by atoms with van der Waals surface area (Å²) in [6.45, 7) is 2.06. The summed E-state index contributed by atoms with van der Waals surface area (Å²) in [5, 5.41) is 4.23. The summed E-state index contributed by atoms with van der Waals surface area (Å²) < 4.78 is 0. The lowest BCUT2D eigenvalue weighted by molar-refractivity contribution is 0.470. The van der Waals surface area contributed by atoms with Gasteiger partial charge in [0.1, 0.15) is 4.99 Å². The van der Waals surface area contributed by atoms with Crippen molar-refractivity contribution in [2.24, 2.45) is 5.73 Å². The number of aryl methyl sites for hydroxylation is 1. The second-order valence-corrected chi connectivity index (χ2v) is 7.03. The molecule has 0 heterocycles. The van der Waals surface area contributed by atoms with Crippen LogP contribution in [0.25, 0.3) is 0 Å². The number of benzene rings is 2. The molecule has 0 aliphatic heterocycles. The topological polar surface area (TPSA) is 38.0 Å². The van der Waals surface area contributed by atoms with Gasteiger partial charge in [-0.3, -0.25) is 0 Å². The molecule has 2 atom stereocenters. The van der Waals surface area contributed by atoms with Gasteiger partial charge in [-0.1, -0.05) is 48.1 Å². The third kappa shape index (κ3) is 3.14. The van der Waals surface area contributed by atoms with Crippen molar-refractivity contribution >= 4 is 28.8 Å².